The van der Waals surface area contributed by atoms with E-state index in [1.807, 2.05) is 0 Å². The number of halogens is 1. The van der Waals surface area contributed by atoms with Crippen LogP contribution in [0.15, 0.2) is 0 Å². The maximum atomic E-state index is 10.6. The molecule has 0 aromatic rings. The summed E-state index contributed by atoms with van der Waals surface area (Å²) in [7, 11) is 0. The fraction of sp³-hybridized carbons (Fsp3) is 0.833. The lowest BCUT2D eigenvalue weighted by Crippen LogP contribution is -2.12. The van der Waals surface area contributed by atoms with E-state index in [1.165, 1.54) is 32.1 Å². The minimum atomic E-state index is -1.04. The molecular formula is C12H21ClO3. The van der Waals surface area contributed by atoms with Crippen LogP contribution in [-0.4, -0.2) is 17.8 Å². The summed E-state index contributed by atoms with van der Waals surface area (Å²) in [5.41, 5.74) is 0. The first-order valence-corrected chi connectivity index (χ1v) is 6.43. The van der Waals surface area contributed by atoms with Crippen LogP contribution < -0.4 is 0 Å². The number of carbonyl (C=O) groups is 2. The first-order valence-electron chi connectivity index (χ1n) is 6.05. The summed E-state index contributed by atoms with van der Waals surface area (Å²) in [6.45, 7) is 2.50. The molecule has 0 aliphatic carbocycles. The quantitative estimate of drug-likeness (QED) is 0.257. The first kappa shape index (κ1) is 15.4. The highest BCUT2D eigenvalue weighted by Crippen LogP contribution is 2.08. The third-order valence-electron chi connectivity index (χ3n) is 2.39. The van der Waals surface area contributed by atoms with E-state index in [1.54, 1.807) is 0 Å². The van der Waals surface area contributed by atoms with E-state index in [0.717, 1.165) is 19.3 Å². The van der Waals surface area contributed by atoms with Gasteiger partial charge in [-0.15, -0.1) is 0 Å². The minimum absolute atomic E-state index is 0.298. The van der Waals surface area contributed by atoms with Crippen LogP contribution >= 0.6 is 11.6 Å². The van der Waals surface area contributed by atoms with Gasteiger partial charge in [0.2, 0.25) is 0 Å². The zero-order chi connectivity index (χ0) is 12.2. The molecular weight excluding hydrogens is 228 g/mol. The van der Waals surface area contributed by atoms with Crippen molar-refractivity contribution >= 4 is 22.8 Å². The molecule has 0 fully saturated rings. The average molecular weight is 249 g/mol. The number of unbranched alkanes of at least 4 members (excludes halogenated alkanes) is 7. The van der Waals surface area contributed by atoms with Crippen LogP contribution in [0.4, 0.5) is 0 Å². The standard InChI is InChI=1S/C12H21ClO3/c1-2-3-4-5-6-7-8-9-10-16-12(15)11(13)14/h2-10H2,1H3. The number of hydrogen-bond acceptors (Lipinski definition) is 3. The molecule has 4 heteroatoms. The van der Waals surface area contributed by atoms with Gasteiger partial charge in [0.15, 0.2) is 0 Å². The maximum absolute atomic E-state index is 10.6. The number of ether oxygens (including phenoxy) is 1. The fourth-order valence-corrected chi connectivity index (χ4v) is 1.51. The molecule has 0 aliphatic rings. The van der Waals surface area contributed by atoms with Crippen LogP contribution in [0.3, 0.4) is 0 Å². The number of hydrogen-bond donors (Lipinski definition) is 0. The van der Waals surface area contributed by atoms with Crippen LogP contribution in [0.1, 0.15) is 58.3 Å². The van der Waals surface area contributed by atoms with Gasteiger partial charge in [0, 0.05) is 0 Å². The highest BCUT2D eigenvalue weighted by atomic mass is 35.5. The predicted octanol–water partition coefficient (Wildman–Crippen LogP) is 3.44. The Morgan fingerprint density at radius 1 is 0.938 bits per heavy atom. The number of carbonyl (C=O) groups excluding carboxylic acids is 2. The smallest absolute Gasteiger partial charge is 0.391 e. The second-order valence-electron chi connectivity index (χ2n) is 3.88. The van der Waals surface area contributed by atoms with E-state index in [-0.39, 0.29) is 0 Å². The summed E-state index contributed by atoms with van der Waals surface area (Å²) in [4.78, 5) is 20.9. The van der Waals surface area contributed by atoms with Gasteiger partial charge < -0.3 is 4.74 Å². The van der Waals surface area contributed by atoms with Crippen molar-refractivity contribution in [2.75, 3.05) is 6.61 Å². The van der Waals surface area contributed by atoms with Gasteiger partial charge in [-0.3, -0.25) is 4.79 Å². The third-order valence-corrected chi connectivity index (χ3v) is 2.55. The first-order chi connectivity index (χ1) is 7.68. The normalized spacial score (nSPS) is 10.1. The summed E-state index contributed by atoms with van der Waals surface area (Å²) >= 11 is 4.93. The monoisotopic (exact) mass is 248 g/mol. The highest BCUT2D eigenvalue weighted by Gasteiger charge is 2.10. The van der Waals surface area contributed by atoms with Crippen molar-refractivity contribution < 1.29 is 14.3 Å². The molecule has 0 spiro atoms. The lowest BCUT2D eigenvalue weighted by atomic mass is 10.1. The Bertz CT molecular complexity index is 204. The second kappa shape index (κ2) is 10.9. The Hall–Kier alpha value is -0.570. The predicted molar refractivity (Wildman–Crippen MR) is 64.4 cm³/mol. The molecule has 0 amide bonds. The van der Waals surface area contributed by atoms with Gasteiger partial charge in [0.05, 0.1) is 6.61 Å². The molecule has 3 nitrogen and oxygen atoms in total. The summed E-state index contributed by atoms with van der Waals surface area (Å²) in [5.74, 6) is -0.940. The average Bonchev–Trinajstić information content (AvgIpc) is 2.26. The van der Waals surface area contributed by atoms with Crippen LogP contribution in [0.2, 0.25) is 0 Å². The zero-order valence-corrected chi connectivity index (χ0v) is 10.7. The summed E-state index contributed by atoms with van der Waals surface area (Å²) in [5, 5.41) is -1.04. The molecule has 0 aromatic carbocycles. The maximum Gasteiger partial charge on any atom is 0.391 e. The Labute approximate surface area is 102 Å². The van der Waals surface area contributed by atoms with Gasteiger partial charge in [-0.25, -0.2) is 4.79 Å². The van der Waals surface area contributed by atoms with Crippen LogP contribution in [0.5, 0.6) is 0 Å². The van der Waals surface area contributed by atoms with E-state index in [4.69, 9.17) is 11.6 Å². The van der Waals surface area contributed by atoms with Gasteiger partial charge in [-0.05, 0) is 18.0 Å². The molecule has 94 valence electrons. The van der Waals surface area contributed by atoms with Gasteiger partial charge >= 0.3 is 11.2 Å². The molecule has 0 heterocycles. The van der Waals surface area contributed by atoms with E-state index in [2.05, 4.69) is 11.7 Å². The van der Waals surface area contributed by atoms with Gasteiger partial charge in [0.1, 0.15) is 0 Å². The topological polar surface area (TPSA) is 43.4 Å². The SMILES string of the molecule is CCCCCCCCCCOC(=O)C(=O)Cl. The molecule has 0 bridgehead atoms. The summed E-state index contributed by atoms with van der Waals surface area (Å²) in [6, 6.07) is 0. The molecule has 0 rings (SSSR count). The molecule has 0 radical (unpaired) electrons. The van der Waals surface area contributed by atoms with Crippen molar-refractivity contribution in [1.82, 2.24) is 0 Å². The molecule has 0 aliphatic heterocycles. The van der Waals surface area contributed by atoms with Gasteiger partial charge in [-0.1, -0.05) is 51.9 Å². The van der Waals surface area contributed by atoms with Crippen molar-refractivity contribution in [1.29, 1.82) is 0 Å². The van der Waals surface area contributed by atoms with E-state index in [0.29, 0.717) is 6.61 Å². The van der Waals surface area contributed by atoms with E-state index in [9.17, 15) is 9.59 Å². The molecule has 0 saturated heterocycles. The number of rotatable bonds is 10. The van der Waals surface area contributed by atoms with Crippen LogP contribution in [0.25, 0.3) is 0 Å². The van der Waals surface area contributed by atoms with Crippen molar-refractivity contribution in [3.8, 4) is 0 Å². The summed E-state index contributed by atoms with van der Waals surface area (Å²) in [6.07, 6.45) is 9.43. The van der Waals surface area contributed by atoms with Crippen molar-refractivity contribution in [3.63, 3.8) is 0 Å². The molecule has 0 saturated carbocycles. The van der Waals surface area contributed by atoms with Crippen LogP contribution in [0, 0.1) is 0 Å². The minimum Gasteiger partial charge on any atom is -0.459 e. The fourth-order valence-electron chi connectivity index (χ4n) is 1.46. The Morgan fingerprint density at radius 2 is 1.44 bits per heavy atom. The van der Waals surface area contributed by atoms with E-state index < -0.39 is 11.2 Å². The molecule has 0 atom stereocenters. The molecule has 0 N–H and O–H groups in total. The Kier molecular flexibility index (Phi) is 10.5. The highest BCUT2D eigenvalue weighted by molar-refractivity contribution is 6.80. The second-order valence-corrected chi connectivity index (χ2v) is 4.23. The Morgan fingerprint density at radius 3 is 1.94 bits per heavy atom. The molecule has 0 unspecified atom stereocenters. The third kappa shape index (κ3) is 9.97. The van der Waals surface area contributed by atoms with Crippen molar-refractivity contribution in [3.05, 3.63) is 0 Å². The lowest BCUT2D eigenvalue weighted by molar-refractivity contribution is -0.150. The van der Waals surface area contributed by atoms with Crippen LogP contribution in [-0.2, 0) is 14.3 Å². The zero-order valence-electron chi connectivity index (χ0n) is 9.97. The van der Waals surface area contributed by atoms with Gasteiger partial charge in [0.25, 0.3) is 0 Å². The van der Waals surface area contributed by atoms with Crippen molar-refractivity contribution in [2.24, 2.45) is 0 Å². The molecule has 0 aromatic heterocycles. The molecule has 16 heavy (non-hydrogen) atoms. The summed E-state index contributed by atoms with van der Waals surface area (Å²) < 4.78 is 4.63. The van der Waals surface area contributed by atoms with Crippen molar-refractivity contribution in [2.45, 2.75) is 58.3 Å². The number of esters is 1. The lowest BCUT2D eigenvalue weighted by Gasteiger charge is -2.02. The van der Waals surface area contributed by atoms with Gasteiger partial charge in [-0.2, -0.15) is 0 Å². The Balaban J connectivity index is 3.10. The van der Waals surface area contributed by atoms with E-state index >= 15 is 0 Å². The largest absolute Gasteiger partial charge is 0.459 e.